The first-order chi connectivity index (χ1) is 10.0. The summed E-state index contributed by atoms with van der Waals surface area (Å²) in [4.78, 5) is -0.0935. The highest BCUT2D eigenvalue weighted by Crippen LogP contribution is 2.22. The maximum atomic E-state index is 12.1. The van der Waals surface area contributed by atoms with Crippen LogP contribution in [0.1, 0.15) is 12.0 Å². The van der Waals surface area contributed by atoms with E-state index in [0.29, 0.717) is 13.0 Å². The lowest BCUT2D eigenvalue weighted by atomic mass is 10.2. The Hall–Kier alpha value is -1.95. The zero-order valence-electron chi connectivity index (χ0n) is 10.9. The summed E-state index contributed by atoms with van der Waals surface area (Å²) in [6.45, 7) is 0.782. The SMILES string of the molecule is N#Cc1ccc(Cl)c(S(=O)(=O)NCCCn2ccnn2)c1. The molecule has 0 saturated heterocycles. The van der Waals surface area contributed by atoms with E-state index >= 15 is 0 Å². The van der Waals surface area contributed by atoms with Gasteiger partial charge in [-0.3, -0.25) is 4.68 Å². The fraction of sp³-hybridized carbons (Fsp3) is 0.250. The summed E-state index contributed by atoms with van der Waals surface area (Å²) < 4.78 is 28.3. The molecule has 0 atom stereocenters. The van der Waals surface area contributed by atoms with Crippen LogP contribution in [0.4, 0.5) is 0 Å². The van der Waals surface area contributed by atoms with Gasteiger partial charge in [0.05, 0.1) is 22.9 Å². The molecule has 2 rings (SSSR count). The molecule has 0 radical (unpaired) electrons. The van der Waals surface area contributed by atoms with E-state index in [4.69, 9.17) is 16.9 Å². The molecule has 1 aromatic heterocycles. The third-order valence-electron chi connectivity index (χ3n) is 2.68. The van der Waals surface area contributed by atoms with Gasteiger partial charge in [0, 0.05) is 19.3 Å². The monoisotopic (exact) mass is 325 g/mol. The molecule has 0 saturated carbocycles. The summed E-state index contributed by atoms with van der Waals surface area (Å²) in [6.07, 6.45) is 3.80. The largest absolute Gasteiger partial charge is 0.253 e. The van der Waals surface area contributed by atoms with Crippen LogP contribution >= 0.6 is 11.6 Å². The topological polar surface area (TPSA) is 101 Å². The molecule has 0 aliphatic heterocycles. The highest BCUT2D eigenvalue weighted by molar-refractivity contribution is 7.89. The number of nitrogens with one attached hydrogen (secondary N) is 1. The molecule has 0 fully saturated rings. The summed E-state index contributed by atoms with van der Waals surface area (Å²) in [5.41, 5.74) is 0.238. The normalized spacial score (nSPS) is 11.2. The van der Waals surface area contributed by atoms with Crippen molar-refractivity contribution in [1.29, 1.82) is 5.26 Å². The smallest absolute Gasteiger partial charge is 0.242 e. The van der Waals surface area contributed by atoms with Gasteiger partial charge < -0.3 is 0 Å². The van der Waals surface area contributed by atoms with Crippen molar-refractivity contribution in [1.82, 2.24) is 19.7 Å². The summed E-state index contributed by atoms with van der Waals surface area (Å²) in [7, 11) is -3.74. The van der Waals surface area contributed by atoms with Gasteiger partial charge in [-0.05, 0) is 24.6 Å². The molecule has 2 aromatic rings. The number of sulfonamides is 1. The van der Waals surface area contributed by atoms with Crippen LogP contribution < -0.4 is 4.72 Å². The van der Waals surface area contributed by atoms with Crippen molar-refractivity contribution in [3.8, 4) is 6.07 Å². The number of nitrogens with zero attached hydrogens (tertiary/aromatic N) is 4. The van der Waals surface area contributed by atoms with Gasteiger partial charge in [-0.1, -0.05) is 16.8 Å². The van der Waals surface area contributed by atoms with Crippen molar-refractivity contribution >= 4 is 21.6 Å². The molecule has 0 spiro atoms. The predicted octanol–water partition coefficient (Wildman–Crippen LogP) is 1.17. The maximum absolute atomic E-state index is 12.1. The minimum atomic E-state index is -3.74. The second-order valence-corrected chi connectivity index (χ2v) is 6.32. The Morgan fingerprint density at radius 1 is 1.43 bits per heavy atom. The van der Waals surface area contributed by atoms with Crippen molar-refractivity contribution in [3.05, 3.63) is 41.2 Å². The molecule has 9 heteroatoms. The Morgan fingerprint density at radius 2 is 2.24 bits per heavy atom. The third-order valence-corrected chi connectivity index (χ3v) is 4.62. The van der Waals surface area contributed by atoms with Gasteiger partial charge in [-0.15, -0.1) is 5.10 Å². The third kappa shape index (κ3) is 4.01. The minimum absolute atomic E-state index is 0.0813. The van der Waals surface area contributed by atoms with E-state index in [9.17, 15) is 8.42 Å². The Balaban J connectivity index is 2.00. The van der Waals surface area contributed by atoms with E-state index in [1.165, 1.54) is 18.2 Å². The molecule has 1 aromatic carbocycles. The maximum Gasteiger partial charge on any atom is 0.242 e. The van der Waals surface area contributed by atoms with Crippen LogP contribution in [0.2, 0.25) is 5.02 Å². The van der Waals surface area contributed by atoms with E-state index in [0.717, 1.165) is 0 Å². The van der Waals surface area contributed by atoms with Gasteiger partial charge in [0.2, 0.25) is 10.0 Å². The number of benzene rings is 1. The van der Waals surface area contributed by atoms with Crippen LogP contribution in [0.15, 0.2) is 35.5 Å². The summed E-state index contributed by atoms with van der Waals surface area (Å²) in [5, 5.41) is 16.3. The molecule has 7 nitrogen and oxygen atoms in total. The first kappa shape index (κ1) is 15.4. The molecule has 21 heavy (non-hydrogen) atoms. The summed E-state index contributed by atoms with van der Waals surface area (Å²) >= 11 is 5.88. The number of aryl methyl sites for hydroxylation is 1. The molecular formula is C12H12ClN5O2S. The molecular weight excluding hydrogens is 314 g/mol. The van der Waals surface area contributed by atoms with Crippen LogP contribution in [0.25, 0.3) is 0 Å². The molecule has 1 heterocycles. The van der Waals surface area contributed by atoms with Gasteiger partial charge in [0.15, 0.2) is 0 Å². The number of nitriles is 1. The zero-order valence-corrected chi connectivity index (χ0v) is 12.5. The fourth-order valence-corrected chi connectivity index (χ4v) is 3.25. The lowest BCUT2D eigenvalue weighted by Crippen LogP contribution is -2.26. The molecule has 0 amide bonds. The van der Waals surface area contributed by atoms with Crippen molar-refractivity contribution in [2.45, 2.75) is 17.9 Å². The Bertz CT molecular complexity index is 752. The van der Waals surface area contributed by atoms with Crippen molar-refractivity contribution in [2.24, 2.45) is 0 Å². The summed E-state index contributed by atoms with van der Waals surface area (Å²) in [5.74, 6) is 0. The molecule has 110 valence electrons. The van der Waals surface area contributed by atoms with Gasteiger partial charge in [-0.25, -0.2) is 13.1 Å². The number of hydrogen-bond acceptors (Lipinski definition) is 5. The zero-order chi connectivity index (χ0) is 15.3. The lowest BCUT2D eigenvalue weighted by molar-refractivity contribution is 0.542. The van der Waals surface area contributed by atoms with E-state index in [1.807, 2.05) is 6.07 Å². The highest BCUT2D eigenvalue weighted by Gasteiger charge is 2.18. The standard InChI is InChI=1S/C12H12ClN5O2S/c13-11-3-2-10(9-14)8-12(11)21(19,20)16-4-1-6-18-7-5-15-17-18/h2-3,5,7-8,16H,1,4,6H2. The molecule has 0 unspecified atom stereocenters. The van der Waals surface area contributed by atoms with Crippen LogP contribution in [-0.4, -0.2) is 30.0 Å². The first-order valence-corrected chi connectivity index (χ1v) is 7.92. The van der Waals surface area contributed by atoms with Gasteiger partial charge in [-0.2, -0.15) is 5.26 Å². The van der Waals surface area contributed by atoms with E-state index in [1.54, 1.807) is 17.1 Å². The second kappa shape index (κ2) is 6.67. The van der Waals surface area contributed by atoms with Crippen LogP contribution in [0.3, 0.4) is 0 Å². The Kier molecular flexibility index (Phi) is 4.90. The summed E-state index contributed by atoms with van der Waals surface area (Å²) in [6, 6.07) is 5.99. The second-order valence-electron chi connectivity index (χ2n) is 4.17. The van der Waals surface area contributed by atoms with Crippen LogP contribution in [-0.2, 0) is 16.6 Å². The molecule has 0 aliphatic rings. The van der Waals surface area contributed by atoms with Gasteiger partial charge >= 0.3 is 0 Å². The van der Waals surface area contributed by atoms with Crippen LogP contribution in [0.5, 0.6) is 0 Å². The van der Waals surface area contributed by atoms with E-state index in [-0.39, 0.29) is 22.0 Å². The average molecular weight is 326 g/mol. The minimum Gasteiger partial charge on any atom is -0.253 e. The number of halogens is 1. The van der Waals surface area contributed by atoms with Crippen molar-refractivity contribution < 1.29 is 8.42 Å². The number of hydrogen-bond donors (Lipinski definition) is 1. The number of aromatic nitrogens is 3. The predicted molar refractivity (Wildman–Crippen MR) is 76.0 cm³/mol. The quantitative estimate of drug-likeness (QED) is 0.803. The average Bonchev–Trinajstić information content (AvgIpc) is 2.97. The molecule has 1 N–H and O–H groups in total. The van der Waals surface area contributed by atoms with E-state index < -0.39 is 10.0 Å². The highest BCUT2D eigenvalue weighted by atomic mass is 35.5. The first-order valence-electron chi connectivity index (χ1n) is 6.06. The Labute approximate surface area is 127 Å². The molecule has 0 bridgehead atoms. The van der Waals surface area contributed by atoms with E-state index in [2.05, 4.69) is 15.0 Å². The van der Waals surface area contributed by atoms with Crippen molar-refractivity contribution in [2.75, 3.05) is 6.54 Å². The van der Waals surface area contributed by atoms with Crippen LogP contribution in [0, 0.1) is 11.3 Å². The molecule has 0 aliphatic carbocycles. The lowest BCUT2D eigenvalue weighted by Gasteiger charge is -2.08. The van der Waals surface area contributed by atoms with Gasteiger partial charge in [0.1, 0.15) is 4.90 Å². The van der Waals surface area contributed by atoms with Gasteiger partial charge in [0.25, 0.3) is 0 Å². The Morgan fingerprint density at radius 3 is 2.90 bits per heavy atom. The van der Waals surface area contributed by atoms with Crippen molar-refractivity contribution in [3.63, 3.8) is 0 Å². The fourth-order valence-electron chi connectivity index (χ4n) is 1.66. The number of rotatable bonds is 6.